The summed E-state index contributed by atoms with van der Waals surface area (Å²) >= 11 is 0. The van der Waals surface area contributed by atoms with Gasteiger partial charge in [0, 0.05) is 17.2 Å². The van der Waals surface area contributed by atoms with Crippen molar-refractivity contribution < 1.29 is 19.1 Å². The molecule has 0 spiro atoms. The van der Waals surface area contributed by atoms with E-state index in [0.29, 0.717) is 22.6 Å². The maximum absolute atomic E-state index is 13.2. The molecule has 1 fully saturated rings. The van der Waals surface area contributed by atoms with Crippen LogP contribution < -0.4 is 20.5 Å². The zero-order chi connectivity index (χ0) is 22.1. The van der Waals surface area contributed by atoms with E-state index in [-0.39, 0.29) is 35.0 Å². The highest BCUT2D eigenvalue weighted by molar-refractivity contribution is 6.13. The van der Waals surface area contributed by atoms with Gasteiger partial charge in [-0.1, -0.05) is 6.07 Å². The number of carbonyl (C=O) groups is 2. The molecule has 1 aliphatic rings. The standard InChI is InChI=1S/C23H24N4O4/c1-13-4-5-15(22(29)25-16-8-9-16)12-18(13)27-21(24)19(23(26-27)31-3)20(28)14-6-10-17(30-2)11-7-14/h4-7,10-12,16H,8-9,24H2,1-3H3,(H,25,29). The Labute approximate surface area is 180 Å². The van der Waals surface area contributed by atoms with Crippen LogP contribution in [0.15, 0.2) is 42.5 Å². The van der Waals surface area contributed by atoms with Gasteiger partial charge in [0.1, 0.15) is 17.1 Å². The second kappa shape index (κ2) is 8.14. The molecule has 1 aliphatic carbocycles. The van der Waals surface area contributed by atoms with Gasteiger partial charge in [0.25, 0.3) is 5.91 Å². The van der Waals surface area contributed by atoms with E-state index in [0.717, 1.165) is 18.4 Å². The maximum Gasteiger partial charge on any atom is 0.251 e. The van der Waals surface area contributed by atoms with Crippen LogP contribution in [0.25, 0.3) is 5.69 Å². The number of anilines is 1. The Balaban J connectivity index is 1.74. The Morgan fingerprint density at radius 2 is 1.74 bits per heavy atom. The molecule has 1 heterocycles. The fourth-order valence-electron chi connectivity index (χ4n) is 3.31. The minimum absolute atomic E-state index is 0.116. The fourth-order valence-corrected chi connectivity index (χ4v) is 3.31. The molecule has 1 aromatic heterocycles. The third-order valence-electron chi connectivity index (χ3n) is 5.27. The fraction of sp³-hybridized carbons (Fsp3) is 0.261. The molecular weight excluding hydrogens is 396 g/mol. The first-order chi connectivity index (χ1) is 14.9. The number of aromatic nitrogens is 2. The van der Waals surface area contributed by atoms with Crippen molar-refractivity contribution in [2.24, 2.45) is 0 Å². The van der Waals surface area contributed by atoms with Crippen LogP contribution in [-0.4, -0.2) is 41.7 Å². The van der Waals surface area contributed by atoms with Crippen molar-refractivity contribution in [2.75, 3.05) is 20.0 Å². The Hall–Kier alpha value is -3.81. The molecule has 8 nitrogen and oxygen atoms in total. The monoisotopic (exact) mass is 420 g/mol. The summed E-state index contributed by atoms with van der Waals surface area (Å²) < 4.78 is 11.9. The number of methoxy groups -OCH3 is 2. The summed E-state index contributed by atoms with van der Waals surface area (Å²) in [6.45, 7) is 1.89. The van der Waals surface area contributed by atoms with Crippen LogP contribution in [0.5, 0.6) is 11.6 Å². The number of benzene rings is 2. The van der Waals surface area contributed by atoms with E-state index in [4.69, 9.17) is 15.2 Å². The number of hydrogen-bond donors (Lipinski definition) is 2. The first-order valence-corrected chi connectivity index (χ1v) is 9.96. The van der Waals surface area contributed by atoms with E-state index in [1.54, 1.807) is 43.5 Å². The van der Waals surface area contributed by atoms with Crippen LogP contribution >= 0.6 is 0 Å². The Morgan fingerprint density at radius 3 is 2.35 bits per heavy atom. The molecule has 8 heteroatoms. The van der Waals surface area contributed by atoms with E-state index >= 15 is 0 Å². The van der Waals surface area contributed by atoms with Gasteiger partial charge in [-0.2, -0.15) is 0 Å². The summed E-state index contributed by atoms with van der Waals surface area (Å²) in [7, 11) is 2.99. The molecule has 3 N–H and O–H groups in total. The molecule has 31 heavy (non-hydrogen) atoms. The topological polar surface area (TPSA) is 108 Å². The lowest BCUT2D eigenvalue weighted by molar-refractivity contribution is 0.0950. The molecule has 0 atom stereocenters. The van der Waals surface area contributed by atoms with Crippen molar-refractivity contribution in [1.82, 2.24) is 15.1 Å². The van der Waals surface area contributed by atoms with Gasteiger partial charge in [0.2, 0.25) is 11.7 Å². The van der Waals surface area contributed by atoms with Crippen molar-refractivity contribution in [3.05, 3.63) is 64.7 Å². The summed E-state index contributed by atoms with van der Waals surface area (Å²) in [6, 6.07) is 12.3. The van der Waals surface area contributed by atoms with Crippen LogP contribution in [0.2, 0.25) is 0 Å². The zero-order valence-electron chi connectivity index (χ0n) is 17.6. The first-order valence-electron chi connectivity index (χ1n) is 9.96. The lowest BCUT2D eigenvalue weighted by Gasteiger charge is -2.11. The number of carbonyl (C=O) groups excluding carboxylic acids is 2. The quantitative estimate of drug-likeness (QED) is 0.569. The molecule has 1 saturated carbocycles. The van der Waals surface area contributed by atoms with E-state index in [9.17, 15) is 9.59 Å². The summed E-state index contributed by atoms with van der Waals surface area (Å²) in [4.78, 5) is 25.6. The third kappa shape index (κ3) is 3.96. The molecular formula is C23H24N4O4. The smallest absolute Gasteiger partial charge is 0.251 e. The summed E-state index contributed by atoms with van der Waals surface area (Å²) in [6.07, 6.45) is 2.01. The normalized spacial score (nSPS) is 13.0. The first kappa shape index (κ1) is 20.5. The summed E-state index contributed by atoms with van der Waals surface area (Å²) in [5, 5.41) is 7.38. The van der Waals surface area contributed by atoms with Crippen LogP contribution in [0, 0.1) is 6.92 Å². The second-order valence-corrected chi connectivity index (χ2v) is 7.49. The third-order valence-corrected chi connectivity index (χ3v) is 5.27. The lowest BCUT2D eigenvalue weighted by atomic mass is 10.0. The molecule has 1 amide bonds. The van der Waals surface area contributed by atoms with E-state index < -0.39 is 0 Å². The summed E-state index contributed by atoms with van der Waals surface area (Å²) in [5.41, 5.74) is 8.92. The van der Waals surface area contributed by atoms with Crippen molar-refractivity contribution in [1.29, 1.82) is 0 Å². The SMILES string of the molecule is COc1ccc(C(=O)c2c(OC)nn(-c3cc(C(=O)NC4CC4)ccc3C)c2N)cc1. The molecule has 0 aliphatic heterocycles. The van der Waals surface area contributed by atoms with Crippen molar-refractivity contribution >= 4 is 17.5 Å². The number of aryl methyl sites for hydroxylation is 1. The minimum Gasteiger partial charge on any atom is -0.497 e. The second-order valence-electron chi connectivity index (χ2n) is 7.49. The van der Waals surface area contributed by atoms with Crippen LogP contribution in [0.1, 0.15) is 44.7 Å². The number of ether oxygens (including phenoxy) is 2. The van der Waals surface area contributed by atoms with E-state index in [1.807, 2.05) is 13.0 Å². The maximum atomic E-state index is 13.2. The van der Waals surface area contributed by atoms with Gasteiger partial charge in [-0.25, -0.2) is 4.68 Å². The van der Waals surface area contributed by atoms with Gasteiger partial charge >= 0.3 is 0 Å². The van der Waals surface area contributed by atoms with E-state index in [2.05, 4.69) is 10.4 Å². The highest BCUT2D eigenvalue weighted by Gasteiger charge is 2.27. The predicted molar refractivity (Wildman–Crippen MR) is 116 cm³/mol. The van der Waals surface area contributed by atoms with Crippen molar-refractivity contribution in [2.45, 2.75) is 25.8 Å². The van der Waals surface area contributed by atoms with Crippen LogP contribution in [0.4, 0.5) is 5.82 Å². The molecule has 160 valence electrons. The van der Waals surface area contributed by atoms with Gasteiger partial charge in [-0.3, -0.25) is 9.59 Å². The van der Waals surface area contributed by atoms with Gasteiger partial charge < -0.3 is 20.5 Å². The Morgan fingerprint density at radius 1 is 1.06 bits per heavy atom. The number of nitrogen functional groups attached to an aromatic ring is 1. The molecule has 2 aromatic carbocycles. The average Bonchev–Trinajstić information content (AvgIpc) is 3.54. The number of ketones is 1. The van der Waals surface area contributed by atoms with Crippen LogP contribution in [-0.2, 0) is 0 Å². The highest BCUT2D eigenvalue weighted by Crippen LogP contribution is 2.31. The number of rotatable bonds is 7. The molecule has 4 rings (SSSR count). The summed E-state index contributed by atoms with van der Waals surface area (Å²) in [5.74, 6) is 0.440. The predicted octanol–water partition coefficient (Wildman–Crippen LogP) is 2.90. The number of nitrogens with one attached hydrogen (secondary N) is 1. The molecule has 0 bridgehead atoms. The van der Waals surface area contributed by atoms with E-state index in [1.165, 1.54) is 11.8 Å². The zero-order valence-corrected chi connectivity index (χ0v) is 17.6. The Bertz CT molecular complexity index is 1150. The van der Waals surface area contributed by atoms with Gasteiger partial charge in [-0.15, -0.1) is 5.10 Å². The van der Waals surface area contributed by atoms with Gasteiger partial charge in [0.15, 0.2) is 0 Å². The van der Waals surface area contributed by atoms with Crippen LogP contribution in [0.3, 0.4) is 0 Å². The number of nitrogens with zero attached hydrogens (tertiary/aromatic N) is 2. The highest BCUT2D eigenvalue weighted by atomic mass is 16.5. The van der Waals surface area contributed by atoms with Crippen molar-refractivity contribution in [3.8, 4) is 17.3 Å². The number of amides is 1. The minimum atomic E-state index is -0.316. The molecule has 0 unspecified atom stereocenters. The lowest BCUT2D eigenvalue weighted by Crippen LogP contribution is -2.25. The number of nitrogens with two attached hydrogens (primary N) is 1. The van der Waals surface area contributed by atoms with Gasteiger partial charge in [0.05, 0.1) is 19.9 Å². The Kier molecular flexibility index (Phi) is 5.37. The van der Waals surface area contributed by atoms with Crippen molar-refractivity contribution in [3.63, 3.8) is 0 Å². The average molecular weight is 420 g/mol. The molecule has 3 aromatic rings. The number of hydrogen-bond acceptors (Lipinski definition) is 6. The molecule has 0 radical (unpaired) electrons. The molecule has 0 saturated heterocycles. The van der Waals surface area contributed by atoms with Gasteiger partial charge in [-0.05, 0) is 61.7 Å². The largest absolute Gasteiger partial charge is 0.497 e.